The summed E-state index contributed by atoms with van der Waals surface area (Å²) in [6.07, 6.45) is 2.48. The van der Waals surface area contributed by atoms with Gasteiger partial charge in [-0.05, 0) is 6.42 Å². The lowest BCUT2D eigenvalue weighted by Gasteiger charge is -2.08. The summed E-state index contributed by atoms with van der Waals surface area (Å²) in [6, 6.07) is 0. The van der Waals surface area contributed by atoms with E-state index >= 15 is 0 Å². The van der Waals surface area contributed by atoms with Gasteiger partial charge in [0.1, 0.15) is 0 Å². The number of carbonyl (C=O) groups is 1. The average molecular weight is 331 g/mol. The van der Waals surface area contributed by atoms with Crippen molar-refractivity contribution in [3.05, 3.63) is 11.6 Å². The Morgan fingerprint density at radius 2 is 2.24 bits per heavy atom. The van der Waals surface area contributed by atoms with Gasteiger partial charge in [-0.1, -0.05) is 6.92 Å². The van der Waals surface area contributed by atoms with Crippen molar-refractivity contribution in [3.63, 3.8) is 0 Å². The minimum atomic E-state index is -3.85. The summed E-state index contributed by atoms with van der Waals surface area (Å²) in [4.78, 5) is 16.1. The second-order valence-corrected chi connectivity index (χ2v) is 6.80. The number of aromatic nitrogens is 2. The molecular weight excluding hydrogens is 314 g/mol. The molecule has 0 saturated carbocycles. The molecule has 10 heteroatoms. The number of nitrogens with one attached hydrogen (secondary N) is 3. The van der Waals surface area contributed by atoms with Crippen LogP contribution < -0.4 is 15.4 Å². The molecule has 0 spiro atoms. The Morgan fingerprint density at radius 1 is 1.48 bits per heavy atom. The predicted octanol–water partition coefficient (Wildman–Crippen LogP) is 0.242. The standard InChI is InChI=1S/C11H17N5O3S2/c1-3-4-13-9-10(16-5-6-20-11(16)15-9)21(18,19)14-7-8(17)12-2/h5-6,13-14H,3-4,7H2,1-2H3,(H,12,17). The van der Waals surface area contributed by atoms with E-state index in [0.717, 1.165) is 6.42 Å². The third-order valence-electron chi connectivity index (χ3n) is 2.72. The number of thiazole rings is 1. The van der Waals surface area contributed by atoms with Gasteiger partial charge >= 0.3 is 0 Å². The highest BCUT2D eigenvalue weighted by Gasteiger charge is 2.26. The zero-order valence-corrected chi connectivity index (χ0v) is 13.3. The number of hydrogen-bond acceptors (Lipinski definition) is 6. The Bertz CT molecular complexity index is 734. The summed E-state index contributed by atoms with van der Waals surface area (Å²) in [5.41, 5.74) is 0. The zero-order chi connectivity index (χ0) is 15.5. The molecule has 2 aromatic rings. The smallest absolute Gasteiger partial charge is 0.260 e. The van der Waals surface area contributed by atoms with Crippen LogP contribution in [0.4, 0.5) is 5.82 Å². The summed E-state index contributed by atoms with van der Waals surface area (Å²) in [5, 5.41) is 7.14. The van der Waals surface area contributed by atoms with Crippen LogP contribution in [-0.2, 0) is 14.8 Å². The number of imidazole rings is 1. The minimum Gasteiger partial charge on any atom is -0.368 e. The van der Waals surface area contributed by atoms with Crippen LogP contribution in [0.1, 0.15) is 13.3 Å². The van der Waals surface area contributed by atoms with Crippen molar-refractivity contribution in [2.24, 2.45) is 0 Å². The molecule has 0 aliphatic rings. The third-order valence-corrected chi connectivity index (χ3v) is 4.90. The average Bonchev–Trinajstić information content (AvgIpc) is 3.02. The van der Waals surface area contributed by atoms with Crippen LogP contribution in [0.25, 0.3) is 4.96 Å². The lowest BCUT2D eigenvalue weighted by atomic mass is 10.5. The minimum absolute atomic E-state index is 0.0242. The Balaban J connectivity index is 2.37. The van der Waals surface area contributed by atoms with Crippen molar-refractivity contribution in [2.75, 3.05) is 25.5 Å². The molecule has 2 heterocycles. The van der Waals surface area contributed by atoms with Gasteiger partial charge in [0.05, 0.1) is 6.54 Å². The van der Waals surface area contributed by atoms with Crippen molar-refractivity contribution < 1.29 is 13.2 Å². The molecule has 0 bridgehead atoms. The summed E-state index contributed by atoms with van der Waals surface area (Å²) in [6.45, 7) is 2.27. The van der Waals surface area contributed by atoms with E-state index in [0.29, 0.717) is 17.3 Å². The van der Waals surface area contributed by atoms with E-state index in [1.165, 1.54) is 22.8 Å². The topological polar surface area (TPSA) is 105 Å². The molecule has 0 radical (unpaired) electrons. The molecule has 0 fully saturated rings. The number of anilines is 1. The lowest BCUT2D eigenvalue weighted by molar-refractivity contribution is -0.119. The summed E-state index contributed by atoms with van der Waals surface area (Å²) < 4.78 is 28.6. The molecule has 8 nitrogen and oxygen atoms in total. The lowest BCUT2D eigenvalue weighted by Crippen LogP contribution is -2.35. The van der Waals surface area contributed by atoms with Gasteiger partial charge < -0.3 is 10.6 Å². The fourth-order valence-electron chi connectivity index (χ4n) is 1.70. The quantitative estimate of drug-likeness (QED) is 0.674. The molecule has 0 aromatic carbocycles. The SMILES string of the molecule is CCCNc1nc2sccn2c1S(=O)(=O)NCC(=O)NC. The molecule has 0 aliphatic carbocycles. The van der Waals surface area contributed by atoms with Gasteiger partial charge in [0, 0.05) is 25.2 Å². The number of likely N-dealkylation sites (N-methyl/N-ethyl adjacent to an activating group) is 1. The molecule has 2 rings (SSSR count). The van der Waals surface area contributed by atoms with Crippen LogP contribution >= 0.6 is 11.3 Å². The highest BCUT2D eigenvalue weighted by Crippen LogP contribution is 2.25. The van der Waals surface area contributed by atoms with Crippen molar-refractivity contribution in [3.8, 4) is 0 Å². The van der Waals surface area contributed by atoms with Gasteiger partial charge in [-0.3, -0.25) is 9.20 Å². The van der Waals surface area contributed by atoms with E-state index in [2.05, 4.69) is 20.3 Å². The second-order valence-electron chi connectivity index (χ2n) is 4.25. The third kappa shape index (κ3) is 3.34. The number of hydrogen-bond donors (Lipinski definition) is 3. The summed E-state index contributed by atoms with van der Waals surface area (Å²) >= 11 is 1.34. The molecule has 21 heavy (non-hydrogen) atoms. The molecule has 2 aromatic heterocycles. The van der Waals surface area contributed by atoms with Crippen LogP contribution in [0.5, 0.6) is 0 Å². The van der Waals surface area contributed by atoms with Gasteiger partial charge in [0.15, 0.2) is 15.8 Å². The van der Waals surface area contributed by atoms with Crippen molar-refractivity contribution in [1.82, 2.24) is 19.4 Å². The van der Waals surface area contributed by atoms with E-state index in [1.807, 2.05) is 6.92 Å². The van der Waals surface area contributed by atoms with Gasteiger partial charge in [-0.2, -0.15) is 0 Å². The molecule has 0 aliphatic heterocycles. The number of sulfonamides is 1. The Labute approximate surface area is 126 Å². The maximum Gasteiger partial charge on any atom is 0.260 e. The van der Waals surface area contributed by atoms with E-state index in [4.69, 9.17) is 0 Å². The predicted molar refractivity (Wildman–Crippen MR) is 81.1 cm³/mol. The number of rotatable bonds is 7. The summed E-state index contributed by atoms with van der Waals surface area (Å²) in [5.74, 6) is -0.110. The van der Waals surface area contributed by atoms with Crippen molar-refractivity contribution >= 4 is 38.0 Å². The molecule has 0 saturated heterocycles. The maximum atomic E-state index is 12.4. The van der Waals surface area contributed by atoms with Gasteiger partial charge in [-0.15, -0.1) is 11.3 Å². The number of amides is 1. The highest BCUT2D eigenvalue weighted by molar-refractivity contribution is 7.89. The van der Waals surface area contributed by atoms with Crippen LogP contribution in [0.3, 0.4) is 0 Å². The molecule has 0 atom stereocenters. The highest BCUT2D eigenvalue weighted by atomic mass is 32.2. The molecule has 1 amide bonds. The first kappa shape index (κ1) is 15.7. The normalized spacial score (nSPS) is 11.7. The van der Waals surface area contributed by atoms with E-state index in [9.17, 15) is 13.2 Å². The van der Waals surface area contributed by atoms with Crippen LogP contribution in [0.2, 0.25) is 0 Å². The van der Waals surface area contributed by atoms with Crippen LogP contribution in [0, 0.1) is 0 Å². The summed E-state index contributed by atoms with van der Waals surface area (Å²) in [7, 11) is -2.40. The zero-order valence-electron chi connectivity index (χ0n) is 11.7. The second kappa shape index (κ2) is 6.41. The first-order chi connectivity index (χ1) is 9.99. The molecule has 0 unspecified atom stereocenters. The van der Waals surface area contributed by atoms with Gasteiger partial charge in [0.2, 0.25) is 5.91 Å². The van der Waals surface area contributed by atoms with Crippen molar-refractivity contribution in [2.45, 2.75) is 18.4 Å². The Kier molecular flexibility index (Phi) is 4.80. The monoisotopic (exact) mass is 331 g/mol. The first-order valence-corrected chi connectivity index (χ1v) is 8.75. The number of fused-ring (bicyclic) bond motifs is 1. The fraction of sp³-hybridized carbons (Fsp3) is 0.455. The first-order valence-electron chi connectivity index (χ1n) is 6.39. The maximum absolute atomic E-state index is 12.4. The molecule has 116 valence electrons. The number of carbonyl (C=O) groups excluding carboxylic acids is 1. The molecular formula is C11H17N5O3S2. The fourth-order valence-corrected chi connectivity index (χ4v) is 3.71. The van der Waals surface area contributed by atoms with E-state index in [1.54, 1.807) is 11.6 Å². The van der Waals surface area contributed by atoms with Crippen molar-refractivity contribution in [1.29, 1.82) is 0 Å². The van der Waals surface area contributed by atoms with E-state index < -0.39 is 15.9 Å². The Morgan fingerprint density at radius 3 is 2.90 bits per heavy atom. The molecule has 3 N–H and O–H groups in total. The van der Waals surface area contributed by atoms with E-state index in [-0.39, 0.29) is 11.6 Å². The number of nitrogens with zero attached hydrogens (tertiary/aromatic N) is 2. The van der Waals surface area contributed by atoms with Gasteiger partial charge in [-0.25, -0.2) is 18.1 Å². The Hall–Kier alpha value is -1.65. The van der Waals surface area contributed by atoms with Crippen LogP contribution in [0.15, 0.2) is 16.6 Å². The largest absolute Gasteiger partial charge is 0.368 e. The van der Waals surface area contributed by atoms with Gasteiger partial charge in [0.25, 0.3) is 10.0 Å². The van der Waals surface area contributed by atoms with Crippen LogP contribution in [-0.4, -0.2) is 43.8 Å².